The first-order chi connectivity index (χ1) is 13.3. The zero-order valence-electron chi connectivity index (χ0n) is 15.3. The smallest absolute Gasteiger partial charge is 0.270 e. The minimum Gasteiger partial charge on any atom is -0.480 e. The Balaban J connectivity index is 1.86. The number of nitrogens with two attached hydrogens (primary N) is 2. The summed E-state index contributed by atoms with van der Waals surface area (Å²) < 4.78 is 19.5. The second-order valence-corrected chi connectivity index (χ2v) is 7.12. The molecule has 8 nitrogen and oxygen atoms in total. The van der Waals surface area contributed by atoms with Crippen LogP contribution in [0.2, 0.25) is 0 Å². The van der Waals surface area contributed by atoms with Crippen LogP contribution in [-0.2, 0) is 15.1 Å². The molecule has 0 fully saturated rings. The molecule has 28 heavy (non-hydrogen) atoms. The largest absolute Gasteiger partial charge is 0.480 e. The lowest BCUT2D eigenvalue weighted by atomic mass is 9.92. The number of rotatable bonds is 4. The minimum absolute atomic E-state index is 0.0573. The summed E-state index contributed by atoms with van der Waals surface area (Å²) in [7, 11) is 1.43. The highest BCUT2D eigenvalue weighted by atomic mass is 32.2. The number of amides is 1. The van der Waals surface area contributed by atoms with E-state index in [1.54, 1.807) is 18.4 Å². The summed E-state index contributed by atoms with van der Waals surface area (Å²) >= 11 is 1.26. The lowest BCUT2D eigenvalue weighted by Gasteiger charge is -2.26. The minimum atomic E-state index is -0.965. The van der Waals surface area contributed by atoms with Crippen molar-refractivity contribution in [2.75, 3.05) is 12.4 Å². The van der Waals surface area contributed by atoms with Crippen LogP contribution in [0.15, 0.2) is 56.7 Å². The van der Waals surface area contributed by atoms with Gasteiger partial charge in [0, 0.05) is 11.3 Å². The molecule has 10 heteroatoms. The van der Waals surface area contributed by atoms with Gasteiger partial charge in [0.1, 0.15) is 22.9 Å². The van der Waals surface area contributed by atoms with Gasteiger partial charge in [0.15, 0.2) is 5.17 Å². The Kier molecular flexibility index (Phi) is 5.50. The first kappa shape index (κ1) is 19.6. The Morgan fingerprint density at radius 1 is 1.39 bits per heavy atom. The van der Waals surface area contributed by atoms with E-state index in [-0.39, 0.29) is 29.4 Å². The average Bonchev–Trinajstić information content (AvgIpc) is 2.84. The predicted octanol–water partition coefficient (Wildman–Crippen LogP) is 2.20. The van der Waals surface area contributed by atoms with Crippen LogP contribution in [0.25, 0.3) is 0 Å². The second kappa shape index (κ2) is 7.85. The van der Waals surface area contributed by atoms with E-state index in [2.05, 4.69) is 20.3 Å². The molecule has 2 heterocycles. The molecule has 3 rings (SSSR count). The maximum Gasteiger partial charge on any atom is 0.270 e. The number of nitrogens with one attached hydrogen (secondary N) is 1. The fourth-order valence-electron chi connectivity index (χ4n) is 2.67. The summed E-state index contributed by atoms with van der Waals surface area (Å²) in [6.07, 6.45) is 3.12. The Morgan fingerprint density at radius 3 is 2.89 bits per heavy atom. The van der Waals surface area contributed by atoms with Gasteiger partial charge in [0.25, 0.3) is 5.91 Å². The number of thioether (sulfide) groups is 1. The number of carbonyl (C=O) groups is 1. The van der Waals surface area contributed by atoms with Crippen molar-refractivity contribution in [1.29, 1.82) is 0 Å². The fourth-order valence-corrected chi connectivity index (χ4v) is 3.39. The van der Waals surface area contributed by atoms with E-state index >= 15 is 0 Å². The molecule has 2 aliphatic rings. The molecule has 1 amide bonds. The van der Waals surface area contributed by atoms with E-state index in [9.17, 15) is 9.18 Å². The second-order valence-electron chi connectivity index (χ2n) is 6.19. The third-order valence-corrected chi connectivity index (χ3v) is 4.70. The van der Waals surface area contributed by atoms with Crippen LogP contribution >= 0.6 is 11.8 Å². The van der Waals surface area contributed by atoms with Crippen LogP contribution in [0.3, 0.4) is 0 Å². The zero-order chi connectivity index (χ0) is 20.3. The Morgan fingerprint density at radius 2 is 2.18 bits per heavy atom. The highest BCUT2D eigenvalue weighted by Crippen LogP contribution is 2.35. The van der Waals surface area contributed by atoms with Gasteiger partial charge in [-0.3, -0.25) is 4.79 Å². The van der Waals surface area contributed by atoms with Gasteiger partial charge in [-0.15, -0.1) is 0 Å². The molecule has 0 unspecified atom stereocenters. The van der Waals surface area contributed by atoms with Gasteiger partial charge in [-0.05, 0) is 36.6 Å². The molecule has 0 radical (unpaired) electrons. The first-order valence-corrected chi connectivity index (χ1v) is 9.13. The van der Waals surface area contributed by atoms with Crippen molar-refractivity contribution in [3.8, 4) is 0 Å². The number of aliphatic imine (C=N–C) groups is 3. The number of nitrogens with zero attached hydrogens (tertiary/aromatic N) is 3. The van der Waals surface area contributed by atoms with Crippen molar-refractivity contribution in [2.45, 2.75) is 18.9 Å². The third-order valence-electron chi connectivity index (χ3n) is 4.10. The summed E-state index contributed by atoms with van der Waals surface area (Å²) in [6.45, 7) is 1.74. The molecular weight excluding hydrogens is 383 g/mol. The van der Waals surface area contributed by atoms with E-state index in [1.165, 1.54) is 43.3 Å². The summed E-state index contributed by atoms with van der Waals surface area (Å²) in [5.41, 5.74) is 11.4. The van der Waals surface area contributed by atoms with Crippen LogP contribution in [0.1, 0.15) is 18.9 Å². The van der Waals surface area contributed by atoms with Gasteiger partial charge in [-0.2, -0.15) is 4.99 Å². The number of amidine groups is 2. The number of benzene rings is 1. The van der Waals surface area contributed by atoms with Crippen LogP contribution < -0.4 is 16.8 Å². The molecule has 2 aliphatic heterocycles. The molecule has 1 aromatic rings. The molecule has 0 saturated heterocycles. The molecule has 0 aromatic heterocycles. The maximum atomic E-state index is 14.5. The number of hydrogen-bond donors (Lipinski definition) is 3. The lowest BCUT2D eigenvalue weighted by molar-refractivity contribution is -0.110. The topological polar surface area (TPSA) is 127 Å². The van der Waals surface area contributed by atoms with Crippen molar-refractivity contribution >= 4 is 40.1 Å². The molecule has 1 atom stereocenters. The number of hydrogen-bond acceptors (Lipinski definition) is 8. The number of carbonyl (C=O) groups excluding carboxylic acids is 1. The Labute approximate surface area is 165 Å². The molecule has 0 spiro atoms. The van der Waals surface area contributed by atoms with Gasteiger partial charge in [-0.25, -0.2) is 14.4 Å². The number of methoxy groups -OCH3 is 1. The van der Waals surface area contributed by atoms with Crippen LogP contribution in [0, 0.1) is 5.82 Å². The fraction of sp³-hybridized carbons (Fsp3) is 0.222. The molecule has 0 aliphatic carbocycles. The maximum absolute atomic E-state index is 14.5. The zero-order valence-corrected chi connectivity index (χ0v) is 16.1. The van der Waals surface area contributed by atoms with Crippen LogP contribution in [-0.4, -0.2) is 29.7 Å². The molecule has 5 N–H and O–H groups in total. The van der Waals surface area contributed by atoms with Crippen LogP contribution in [0.5, 0.6) is 0 Å². The molecule has 146 valence electrons. The van der Waals surface area contributed by atoms with Gasteiger partial charge in [0.05, 0.1) is 19.7 Å². The van der Waals surface area contributed by atoms with E-state index in [0.717, 1.165) is 0 Å². The normalized spacial score (nSPS) is 21.7. The highest BCUT2D eigenvalue weighted by Gasteiger charge is 2.29. The van der Waals surface area contributed by atoms with E-state index in [0.29, 0.717) is 10.9 Å². The number of ether oxygens (including phenoxy) is 1. The Hall–Kier alpha value is -3.14. The van der Waals surface area contributed by atoms with Gasteiger partial charge in [0.2, 0.25) is 5.88 Å². The van der Waals surface area contributed by atoms with Gasteiger partial charge in [-0.1, -0.05) is 11.8 Å². The molecule has 0 saturated carbocycles. The summed E-state index contributed by atoms with van der Waals surface area (Å²) in [5.74, 6) is -0.534. The standard InChI is InChI=1S/C18H19FN6O2S/c1-18(5-6-28-17(21)25-18)11-7-10(3-4-12(11)19)23-16(26)13-8-14(20)24-15(27-2)9-22-13/h3-7,9H,8H2,1-2H3,(H2,20,24)(H2,21,25)(H,23,26)/t18-/m0/s1. The average molecular weight is 402 g/mol. The Bertz CT molecular complexity index is 969. The van der Waals surface area contributed by atoms with E-state index in [4.69, 9.17) is 16.2 Å². The highest BCUT2D eigenvalue weighted by molar-refractivity contribution is 8.16. The van der Waals surface area contributed by atoms with Crippen molar-refractivity contribution in [2.24, 2.45) is 26.4 Å². The lowest BCUT2D eigenvalue weighted by Crippen LogP contribution is -2.28. The summed E-state index contributed by atoms with van der Waals surface area (Å²) in [6, 6.07) is 4.25. The number of halogens is 1. The molecular formula is C18H19FN6O2S. The number of anilines is 1. The van der Waals surface area contributed by atoms with Crippen molar-refractivity contribution < 1.29 is 13.9 Å². The van der Waals surface area contributed by atoms with Crippen LogP contribution in [0.4, 0.5) is 10.1 Å². The molecule has 1 aromatic carbocycles. The first-order valence-electron chi connectivity index (χ1n) is 8.25. The third kappa shape index (κ3) is 4.22. The molecule has 0 bridgehead atoms. The van der Waals surface area contributed by atoms with E-state index in [1.807, 2.05) is 0 Å². The SMILES string of the molecule is COC1=CN=C(C(=O)Nc2ccc(F)c([C@]3(C)C=CSC(N)=N3)c2)CC(N)=N1. The summed E-state index contributed by atoms with van der Waals surface area (Å²) in [5, 5.41) is 4.80. The van der Waals surface area contributed by atoms with Gasteiger partial charge < -0.3 is 21.5 Å². The van der Waals surface area contributed by atoms with Gasteiger partial charge >= 0.3 is 0 Å². The quantitative estimate of drug-likeness (QED) is 0.711. The van der Waals surface area contributed by atoms with E-state index < -0.39 is 17.3 Å². The summed E-state index contributed by atoms with van der Waals surface area (Å²) in [4.78, 5) is 25.0. The predicted molar refractivity (Wildman–Crippen MR) is 110 cm³/mol. The van der Waals surface area contributed by atoms with Crippen molar-refractivity contribution in [3.63, 3.8) is 0 Å². The monoisotopic (exact) mass is 402 g/mol. The van der Waals surface area contributed by atoms with Crippen molar-refractivity contribution in [3.05, 3.63) is 53.1 Å². The van der Waals surface area contributed by atoms with Crippen molar-refractivity contribution in [1.82, 2.24) is 0 Å².